The summed E-state index contributed by atoms with van der Waals surface area (Å²) in [6.45, 7) is 19.6. The van der Waals surface area contributed by atoms with Crippen molar-refractivity contribution in [3.63, 3.8) is 0 Å². The summed E-state index contributed by atoms with van der Waals surface area (Å²) < 4.78 is 6.34. The Kier molecular flexibility index (Phi) is 19.3. The zero-order chi connectivity index (χ0) is 42.3. The SMILES string of the molecule is CCCCCCN(C(=O)[C@@H](N[N+](=O)[C@H]1C[C@H](C)CCN1)[C@@H](C)CC)[C@H](C[C@@H](OCC)c1nc(C(=O)N[C@@H](Cc2ccc(N)cc2)CC(C)(C)C(=O)O)cs1)C(C)C. The lowest BCUT2D eigenvalue weighted by molar-refractivity contribution is -0.653. The number of nitrogens with two attached hydrogens (primary N) is 1. The molecule has 1 saturated heterocycles. The summed E-state index contributed by atoms with van der Waals surface area (Å²) in [6, 6.07) is 5.92. The number of aromatic nitrogens is 1. The summed E-state index contributed by atoms with van der Waals surface area (Å²) in [7, 11) is 0. The van der Waals surface area contributed by atoms with Crippen molar-refractivity contribution in [2.75, 3.05) is 25.4 Å². The van der Waals surface area contributed by atoms with E-state index in [-0.39, 0.29) is 35.9 Å². The Hall–Kier alpha value is -3.62. The molecular formula is C43H72N7O6S+. The van der Waals surface area contributed by atoms with Gasteiger partial charge in [0.25, 0.3) is 18.0 Å². The lowest BCUT2D eigenvalue weighted by Crippen LogP contribution is -2.59. The second-order valence-corrected chi connectivity index (χ2v) is 18.0. The Balaban J connectivity index is 1.90. The largest absolute Gasteiger partial charge is 0.481 e. The molecule has 1 fully saturated rings. The molecule has 1 aromatic heterocycles. The highest BCUT2D eigenvalue weighted by atomic mass is 32.1. The number of nitrogen functional groups attached to an aromatic ring is 1. The van der Waals surface area contributed by atoms with Crippen molar-refractivity contribution in [2.45, 2.75) is 157 Å². The van der Waals surface area contributed by atoms with E-state index in [1.165, 1.54) is 11.3 Å². The van der Waals surface area contributed by atoms with Gasteiger partial charge >= 0.3 is 5.97 Å². The Morgan fingerprint density at radius 1 is 1.12 bits per heavy atom. The van der Waals surface area contributed by atoms with Crippen LogP contribution in [0, 0.1) is 28.1 Å². The number of amides is 2. The molecule has 57 heavy (non-hydrogen) atoms. The van der Waals surface area contributed by atoms with E-state index in [1.54, 1.807) is 31.4 Å². The molecule has 2 heterocycles. The summed E-state index contributed by atoms with van der Waals surface area (Å²) in [5.74, 6) is -1.04. The van der Waals surface area contributed by atoms with Gasteiger partial charge in [-0.2, -0.15) is 0 Å². The van der Waals surface area contributed by atoms with E-state index in [9.17, 15) is 24.4 Å². The molecule has 0 radical (unpaired) electrons. The van der Waals surface area contributed by atoms with Crippen LogP contribution >= 0.6 is 11.3 Å². The molecule has 0 bridgehead atoms. The fourth-order valence-electron chi connectivity index (χ4n) is 7.51. The molecule has 6 N–H and O–H groups in total. The van der Waals surface area contributed by atoms with Crippen LogP contribution in [0.25, 0.3) is 0 Å². The Bertz CT molecular complexity index is 1570. The molecular weight excluding hydrogens is 743 g/mol. The highest BCUT2D eigenvalue weighted by Crippen LogP contribution is 2.32. The maximum absolute atomic E-state index is 14.8. The molecule has 320 valence electrons. The number of thiazole rings is 1. The molecule has 2 aromatic rings. The van der Waals surface area contributed by atoms with Crippen LogP contribution in [0.2, 0.25) is 0 Å². The highest BCUT2D eigenvalue weighted by molar-refractivity contribution is 7.09. The molecule has 2 amide bonds. The highest BCUT2D eigenvalue weighted by Gasteiger charge is 2.41. The van der Waals surface area contributed by atoms with Gasteiger partial charge in [-0.1, -0.05) is 79.4 Å². The first kappa shape index (κ1) is 47.8. The number of carbonyl (C=O) groups excluding carboxylic acids is 2. The lowest BCUT2D eigenvalue weighted by atomic mass is 9.84. The maximum Gasteiger partial charge on any atom is 0.309 e. The molecule has 0 aliphatic carbocycles. The topological polar surface area (TPSA) is 179 Å². The van der Waals surface area contributed by atoms with Gasteiger partial charge in [0.1, 0.15) is 21.7 Å². The maximum atomic E-state index is 14.8. The van der Waals surface area contributed by atoms with E-state index in [2.05, 4.69) is 43.8 Å². The fourth-order valence-corrected chi connectivity index (χ4v) is 8.37. The quantitative estimate of drug-likeness (QED) is 0.0292. The van der Waals surface area contributed by atoms with E-state index in [1.807, 2.05) is 37.8 Å². The Morgan fingerprint density at radius 3 is 2.42 bits per heavy atom. The van der Waals surface area contributed by atoms with Crippen LogP contribution in [0.5, 0.6) is 0 Å². The standard InChI is InChI=1S/C43H71N7O6S/c1-10-13-14-15-22-49(41(52)38(30(7)11-2)48-50(55)37-23-29(6)20-21-45-37)35(28(4)5)25-36(56-12-3)40-47-34(27-57-40)39(51)46-33(26-43(8,9)42(53)54)24-31-16-18-32(44)19-17-31/h16-19,27-30,33,35-38,45H,10-15,20-26,44H2,1-9H3,(H2-,46,48,51,53,54,55)/p+1/t29-,30+,33+,35-,36-,37+,38+/m1/s1. The molecule has 3 rings (SSSR count). The Morgan fingerprint density at radius 2 is 1.82 bits per heavy atom. The van der Waals surface area contributed by atoms with Gasteiger partial charge in [0.15, 0.2) is 6.04 Å². The number of carboxylic acids is 1. The first-order chi connectivity index (χ1) is 27.0. The number of hydrogen-bond acceptors (Lipinski definition) is 9. The van der Waals surface area contributed by atoms with Crippen molar-refractivity contribution in [2.24, 2.45) is 23.2 Å². The molecule has 0 saturated carbocycles. The summed E-state index contributed by atoms with van der Waals surface area (Å²) in [6.07, 6.45) is 6.63. The van der Waals surface area contributed by atoms with Gasteiger partial charge in [-0.25, -0.2) is 4.98 Å². The summed E-state index contributed by atoms with van der Waals surface area (Å²) >= 11 is 1.34. The molecule has 13 nitrogen and oxygen atoms in total. The Labute approximate surface area is 345 Å². The minimum atomic E-state index is -1.08. The van der Waals surface area contributed by atoms with Crippen molar-refractivity contribution in [3.8, 4) is 0 Å². The molecule has 0 spiro atoms. The van der Waals surface area contributed by atoms with Gasteiger partial charge in [-0.05, 0) is 81.9 Å². The number of unbranched alkanes of at least 4 members (excludes halogenated alkanes) is 3. The number of anilines is 1. The third kappa shape index (κ3) is 14.6. The first-order valence-electron chi connectivity index (χ1n) is 21.2. The number of carboxylic acid groups (broad SMARTS) is 1. The fraction of sp³-hybridized carbons (Fsp3) is 0.721. The molecule has 1 aliphatic rings. The molecule has 1 aromatic carbocycles. The van der Waals surface area contributed by atoms with Crippen molar-refractivity contribution in [3.05, 3.63) is 50.8 Å². The van der Waals surface area contributed by atoms with E-state index >= 15 is 0 Å². The van der Waals surface area contributed by atoms with Gasteiger partial charge in [0.2, 0.25) is 0 Å². The minimum absolute atomic E-state index is 0.0549. The predicted octanol–water partition coefficient (Wildman–Crippen LogP) is 7.51. The number of rotatable bonds is 25. The monoisotopic (exact) mass is 815 g/mol. The predicted molar refractivity (Wildman–Crippen MR) is 228 cm³/mol. The number of carbonyl (C=O) groups is 3. The summed E-state index contributed by atoms with van der Waals surface area (Å²) in [5, 5.41) is 18.6. The summed E-state index contributed by atoms with van der Waals surface area (Å²) in [4.78, 5) is 61.9. The zero-order valence-electron chi connectivity index (χ0n) is 36.0. The van der Waals surface area contributed by atoms with Crippen molar-refractivity contribution >= 4 is 34.8 Å². The van der Waals surface area contributed by atoms with Gasteiger partial charge < -0.3 is 25.8 Å². The van der Waals surface area contributed by atoms with E-state index in [0.717, 1.165) is 55.5 Å². The second kappa shape index (κ2) is 23.1. The zero-order valence-corrected chi connectivity index (χ0v) is 36.8. The van der Waals surface area contributed by atoms with Crippen LogP contribution in [0.4, 0.5) is 5.69 Å². The average Bonchev–Trinajstić information content (AvgIpc) is 3.66. The number of aliphatic carboxylic acids is 1. The first-order valence-corrected chi connectivity index (χ1v) is 22.1. The number of hydrazine groups is 1. The van der Waals surface area contributed by atoms with E-state index in [4.69, 9.17) is 15.5 Å². The average molecular weight is 815 g/mol. The number of nitrogens with zero attached hydrogens (tertiary/aromatic N) is 3. The van der Waals surface area contributed by atoms with Crippen molar-refractivity contribution in [1.82, 2.24) is 25.9 Å². The van der Waals surface area contributed by atoms with E-state index in [0.29, 0.717) is 49.0 Å². The number of piperidine rings is 1. The van der Waals surface area contributed by atoms with Crippen LogP contribution in [0.15, 0.2) is 29.6 Å². The van der Waals surface area contributed by atoms with Crippen LogP contribution in [0.1, 0.15) is 147 Å². The summed E-state index contributed by atoms with van der Waals surface area (Å²) in [5.41, 5.74) is 9.70. The van der Waals surface area contributed by atoms with Crippen molar-refractivity contribution < 1.29 is 29.1 Å². The van der Waals surface area contributed by atoms with Gasteiger partial charge in [-0.15, -0.1) is 16.8 Å². The lowest BCUT2D eigenvalue weighted by Gasteiger charge is -2.39. The van der Waals surface area contributed by atoms with Crippen LogP contribution in [0.3, 0.4) is 0 Å². The number of nitrogens with one attached hydrogen (secondary N) is 3. The third-order valence-electron chi connectivity index (χ3n) is 11.4. The van der Waals surface area contributed by atoms with Crippen LogP contribution < -0.4 is 21.8 Å². The minimum Gasteiger partial charge on any atom is -0.481 e. The number of ether oxygens (including phenoxy) is 1. The van der Waals surface area contributed by atoms with Crippen molar-refractivity contribution in [1.29, 1.82) is 0 Å². The number of nitroso groups, excluding NO2 is 1. The van der Waals surface area contributed by atoms with Crippen LogP contribution in [-0.2, 0) is 20.7 Å². The number of hydrogen-bond donors (Lipinski definition) is 5. The van der Waals surface area contributed by atoms with Gasteiger partial charge in [-0.3, -0.25) is 19.7 Å². The molecule has 7 atom stereocenters. The molecule has 0 unspecified atom stereocenters. The van der Waals surface area contributed by atoms with Crippen LogP contribution in [-0.4, -0.2) is 81.6 Å². The smallest absolute Gasteiger partial charge is 0.309 e. The number of benzene rings is 1. The third-order valence-corrected chi connectivity index (χ3v) is 12.3. The molecule has 14 heteroatoms. The van der Waals surface area contributed by atoms with E-state index < -0.39 is 41.6 Å². The van der Waals surface area contributed by atoms with Gasteiger partial charge in [0.05, 0.1) is 10.3 Å². The molecule has 1 aliphatic heterocycles. The normalized spacial score (nSPS) is 18.6. The second-order valence-electron chi connectivity index (χ2n) is 17.1. The van der Waals surface area contributed by atoms with Gasteiger partial charge in [0, 0.05) is 55.7 Å².